The first-order chi connectivity index (χ1) is 10.7. The highest BCUT2D eigenvalue weighted by atomic mass is 19.1. The number of benzene rings is 1. The molecular weight excluding hydrogens is 285 g/mol. The maximum absolute atomic E-state index is 13.5. The number of hydrogen-bond donors (Lipinski definition) is 2. The van der Waals surface area contributed by atoms with Crippen LogP contribution < -0.4 is 15.4 Å². The van der Waals surface area contributed by atoms with Crippen molar-refractivity contribution in [1.29, 1.82) is 0 Å². The van der Waals surface area contributed by atoms with Gasteiger partial charge in [0.1, 0.15) is 11.9 Å². The Kier molecular flexibility index (Phi) is 5.82. The van der Waals surface area contributed by atoms with Gasteiger partial charge in [-0.2, -0.15) is 0 Å². The Balaban J connectivity index is 1.76. The minimum absolute atomic E-state index is 0.209. The van der Waals surface area contributed by atoms with Gasteiger partial charge in [-0.05, 0) is 31.2 Å². The zero-order chi connectivity index (χ0) is 15.8. The fourth-order valence-corrected chi connectivity index (χ4v) is 1.84. The van der Waals surface area contributed by atoms with Crippen molar-refractivity contribution in [2.24, 2.45) is 4.99 Å². The second kappa shape index (κ2) is 8.07. The summed E-state index contributed by atoms with van der Waals surface area (Å²) >= 11 is 0. The summed E-state index contributed by atoms with van der Waals surface area (Å²) in [5, 5.41) is 6.24. The molecule has 6 heteroatoms. The summed E-state index contributed by atoms with van der Waals surface area (Å²) in [5.41, 5.74) is 0. The number of ether oxygens (including phenoxy) is 1. The van der Waals surface area contributed by atoms with E-state index in [4.69, 9.17) is 9.15 Å². The Labute approximate surface area is 129 Å². The number of nitrogens with zero attached hydrogens (tertiary/aromatic N) is 1. The monoisotopic (exact) mass is 305 g/mol. The van der Waals surface area contributed by atoms with Crippen molar-refractivity contribution in [1.82, 2.24) is 10.6 Å². The van der Waals surface area contributed by atoms with E-state index in [1.807, 2.05) is 19.1 Å². The Hall–Kier alpha value is -2.50. The van der Waals surface area contributed by atoms with Crippen LogP contribution in [0.2, 0.25) is 0 Å². The van der Waals surface area contributed by atoms with Crippen molar-refractivity contribution >= 4 is 5.96 Å². The third-order valence-corrected chi connectivity index (χ3v) is 2.96. The molecule has 0 aliphatic heterocycles. The summed E-state index contributed by atoms with van der Waals surface area (Å²) in [6.45, 7) is 2.89. The number of nitrogens with one attached hydrogen (secondary N) is 2. The van der Waals surface area contributed by atoms with Crippen LogP contribution in [0.15, 0.2) is 52.1 Å². The average Bonchev–Trinajstić information content (AvgIpc) is 3.03. The maximum Gasteiger partial charge on any atom is 0.191 e. The molecule has 2 N–H and O–H groups in total. The standard InChI is InChI=1S/C16H20FN3O2/c1-12(22-15-8-4-3-7-14(15)17)10-19-16(18-2)20-11-13-6-5-9-21-13/h3-9,12H,10-11H2,1-2H3,(H2,18,19,20). The smallest absolute Gasteiger partial charge is 0.191 e. The van der Waals surface area contributed by atoms with Gasteiger partial charge in [0.15, 0.2) is 17.5 Å². The van der Waals surface area contributed by atoms with Crippen LogP contribution in [0, 0.1) is 5.82 Å². The second-order valence-electron chi connectivity index (χ2n) is 4.74. The molecule has 0 bridgehead atoms. The molecule has 0 spiro atoms. The Morgan fingerprint density at radius 2 is 2.09 bits per heavy atom. The van der Waals surface area contributed by atoms with Crippen molar-refractivity contribution in [2.45, 2.75) is 19.6 Å². The molecule has 1 heterocycles. The second-order valence-corrected chi connectivity index (χ2v) is 4.74. The number of aliphatic imine (C=N–C) groups is 1. The molecule has 0 fully saturated rings. The summed E-state index contributed by atoms with van der Waals surface area (Å²) < 4.78 is 24.3. The number of halogens is 1. The predicted molar refractivity (Wildman–Crippen MR) is 83.4 cm³/mol. The zero-order valence-electron chi connectivity index (χ0n) is 12.7. The van der Waals surface area contributed by atoms with E-state index in [9.17, 15) is 4.39 Å². The lowest BCUT2D eigenvalue weighted by atomic mass is 10.3. The van der Waals surface area contributed by atoms with Crippen molar-refractivity contribution in [3.8, 4) is 5.75 Å². The van der Waals surface area contributed by atoms with Gasteiger partial charge in [-0.25, -0.2) is 4.39 Å². The molecule has 0 aliphatic carbocycles. The molecule has 22 heavy (non-hydrogen) atoms. The van der Waals surface area contributed by atoms with E-state index in [2.05, 4.69) is 15.6 Å². The van der Waals surface area contributed by atoms with Gasteiger partial charge >= 0.3 is 0 Å². The number of hydrogen-bond acceptors (Lipinski definition) is 3. The first-order valence-corrected chi connectivity index (χ1v) is 7.07. The number of para-hydroxylation sites is 1. The number of guanidine groups is 1. The summed E-state index contributed by atoms with van der Waals surface area (Å²) in [6, 6.07) is 10.1. The quantitative estimate of drug-likeness (QED) is 0.636. The zero-order valence-corrected chi connectivity index (χ0v) is 12.7. The molecule has 1 aromatic carbocycles. The molecule has 118 valence electrons. The molecular formula is C16H20FN3O2. The summed E-state index contributed by atoms with van der Waals surface area (Å²) in [4.78, 5) is 4.11. The minimum atomic E-state index is -0.366. The molecule has 2 rings (SSSR count). The van der Waals surface area contributed by atoms with Gasteiger partial charge in [-0.3, -0.25) is 4.99 Å². The maximum atomic E-state index is 13.5. The van der Waals surface area contributed by atoms with Gasteiger partial charge < -0.3 is 19.8 Å². The van der Waals surface area contributed by atoms with Gasteiger partial charge in [0.2, 0.25) is 0 Å². The van der Waals surface area contributed by atoms with Crippen LogP contribution in [0.5, 0.6) is 5.75 Å². The molecule has 0 saturated heterocycles. The van der Waals surface area contributed by atoms with Crippen molar-refractivity contribution in [2.75, 3.05) is 13.6 Å². The molecule has 1 unspecified atom stereocenters. The topological polar surface area (TPSA) is 58.8 Å². The molecule has 2 aromatic rings. The van der Waals surface area contributed by atoms with Crippen molar-refractivity contribution in [3.63, 3.8) is 0 Å². The summed E-state index contributed by atoms with van der Waals surface area (Å²) in [6.07, 6.45) is 1.41. The summed E-state index contributed by atoms with van der Waals surface area (Å²) in [7, 11) is 1.68. The molecule has 1 atom stereocenters. The summed E-state index contributed by atoms with van der Waals surface area (Å²) in [5.74, 6) is 1.32. The minimum Gasteiger partial charge on any atom is -0.486 e. The van der Waals surface area contributed by atoms with Crippen LogP contribution in [-0.2, 0) is 6.54 Å². The molecule has 0 amide bonds. The van der Waals surface area contributed by atoms with Crippen LogP contribution in [0.4, 0.5) is 4.39 Å². The first-order valence-electron chi connectivity index (χ1n) is 7.07. The lowest BCUT2D eigenvalue weighted by Crippen LogP contribution is -2.41. The van der Waals surface area contributed by atoms with Gasteiger partial charge in [-0.1, -0.05) is 12.1 Å². The normalized spacial score (nSPS) is 12.8. The molecule has 5 nitrogen and oxygen atoms in total. The molecule has 0 saturated carbocycles. The van der Waals surface area contributed by atoms with Gasteiger partial charge in [0, 0.05) is 7.05 Å². The Morgan fingerprint density at radius 3 is 2.77 bits per heavy atom. The first kappa shape index (κ1) is 15.9. The predicted octanol–water partition coefficient (Wildman–Crippen LogP) is 2.55. The average molecular weight is 305 g/mol. The van der Waals surface area contributed by atoms with Gasteiger partial charge in [-0.15, -0.1) is 0 Å². The van der Waals surface area contributed by atoms with Crippen LogP contribution in [-0.4, -0.2) is 25.7 Å². The van der Waals surface area contributed by atoms with E-state index in [0.29, 0.717) is 19.0 Å². The third-order valence-electron chi connectivity index (χ3n) is 2.96. The lowest BCUT2D eigenvalue weighted by Gasteiger charge is -2.17. The van der Waals surface area contributed by atoms with Crippen LogP contribution >= 0.6 is 0 Å². The fourth-order valence-electron chi connectivity index (χ4n) is 1.84. The van der Waals surface area contributed by atoms with E-state index < -0.39 is 0 Å². The molecule has 0 aliphatic rings. The third kappa shape index (κ3) is 4.80. The van der Waals surface area contributed by atoms with Crippen molar-refractivity contribution < 1.29 is 13.5 Å². The Bertz CT molecular complexity index is 599. The van der Waals surface area contributed by atoms with E-state index in [1.165, 1.54) is 6.07 Å². The van der Waals surface area contributed by atoms with E-state index >= 15 is 0 Å². The highest BCUT2D eigenvalue weighted by Gasteiger charge is 2.09. The highest BCUT2D eigenvalue weighted by molar-refractivity contribution is 5.79. The van der Waals surface area contributed by atoms with Gasteiger partial charge in [0.05, 0.1) is 19.4 Å². The number of furan rings is 1. The van der Waals surface area contributed by atoms with Crippen LogP contribution in [0.3, 0.4) is 0 Å². The lowest BCUT2D eigenvalue weighted by molar-refractivity contribution is 0.214. The van der Waals surface area contributed by atoms with Crippen LogP contribution in [0.1, 0.15) is 12.7 Å². The van der Waals surface area contributed by atoms with E-state index in [1.54, 1.807) is 31.5 Å². The van der Waals surface area contributed by atoms with Crippen molar-refractivity contribution in [3.05, 3.63) is 54.2 Å². The largest absolute Gasteiger partial charge is 0.486 e. The van der Waals surface area contributed by atoms with E-state index in [-0.39, 0.29) is 17.7 Å². The number of rotatable bonds is 6. The molecule has 0 radical (unpaired) electrons. The Morgan fingerprint density at radius 1 is 1.27 bits per heavy atom. The highest BCUT2D eigenvalue weighted by Crippen LogP contribution is 2.16. The fraction of sp³-hybridized carbons (Fsp3) is 0.312. The SMILES string of the molecule is CN=C(NCc1ccco1)NCC(C)Oc1ccccc1F. The molecule has 1 aromatic heterocycles. The van der Waals surface area contributed by atoms with Gasteiger partial charge in [0.25, 0.3) is 0 Å². The van der Waals surface area contributed by atoms with E-state index in [0.717, 1.165) is 5.76 Å². The van der Waals surface area contributed by atoms with Crippen LogP contribution in [0.25, 0.3) is 0 Å².